The van der Waals surface area contributed by atoms with Crippen LogP contribution in [0.4, 0.5) is 4.39 Å². The largest absolute Gasteiger partial charge is 0.481 e. The summed E-state index contributed by atoms with van der Waals surface area (Å²) in [6.07, 6.45) is 0. The highest BCUT2D eigenvalue weighted by molar-refractivity contribution is 7.13. The Labute approximate surface area is 114 Å². The molecule has 0 radical (unpaired) electrons. The van der Waals surface area contributed by atoms with Crippen LogP contribution in [0.2, 0.25) is 0 Å². The number of benzene rings is 1. The minimum atomic E-state index is -1.07. The normalized spacial score (nSPS) is 11.6. The monoisotopic (exact) mass is 279 g/mol. The third-order valence-corrected chi connectivity index (χ3v) is 3.91. The Balaban J connectivity index is 2.47. The van der Waals surface area contributed by atoms with E-state index in [9.17, 15) is 9.18 Å². The molecule has 0 aliphatic rings. The molecule has 1 aromatic carbocycles. The van der Waals surface area contributed by atoms with Crippen molar-refractivity contribution in [1.82, 2.24) is 4.98 Å². The van der Waals surface area contributed by atoms with Gasteiger partial charge in [-0.05, 0) is 32.9 Å². The predicted octanol–water partition coefficient (Wildman–Crippen LogP) is 3.62. The molecule has 0 aliphatic carbocycles. The molecule has 1 N–H and O–H groups in total. The molecule has 100 valence electrons. The number of thiazole rings is 1. The molecule has 0 unspecified atom stereocenters. The lowest BCUT2D eigenvalue weighted by atomic mass is 9.90. The van der Waals surface area contributed by atoms with Gasteiger partial charge >= 0.3 is 5.97 Å². The molecule has 0 aliphatic heterocycles. The molecule has 0 saturated carbocycles. The first-order valence-electron chi connectivity index (χ1n) is 5.78. The van der Waals surface area contributed by atoms with E-state index in [0.29, 0.717) is 16.3 Å². The maximum Gasteiger partial charge on any atom is 0.315 e. The van der Waals surface area contributed by atoms with Crippen LogP contribution >= 0.6 is 11.3 Å². The second kappa shape index (κ2) is 4.74. The van der Waals surface area contributed by atoms with Crippen LogP contribution in [0.5, 0.6) is 0 Å². The molecule has 2 aromatic rings. The minimum absolute atomic E-state index is 0.348. The summed E-state index contributed by atoms with van der Waals surface area (Å²) in [6, 6.07) is 4.80. The minimum Gasteiger partial charge on any atom is -0.481 e. The van der Waals surface area contributed by atoms with E-state index >= 15 is 0 Å². The first kappa shape index (κ1) is 13.7. The lowest BCUT2D eigenvalue weighted by Crippen LogP contribution is -2.28. The van der Waals surface area contributed by atoms with E-state index in [4.69, 9.17) is 5.11 Å². The van der Waals surface area contributed by atoms with E-state index in [1.165, 1.54) is 17.4 Å². The molecule has 3 nitrogen and oxygen atoms in total. The summed E-state index contributed by atoms with van der Waals surface area (Å²) in [5.74, 6) is -1.30. The van der Waals surface area contributed by atoms with Gasteiger partial charge in [-0.3, -0.25) is 4.79 Å². The zero-order valence-electron chi connectivity index (χ0n) is 10.9. The molecule has 2 rings (SSSR count). The summed E-state index contributed by atoms with van der Waals surface area (Å²) in [5, 5.41) is 11.3. The summed E-state index contributed by atoms with van der Waals surface area (Å²) in [6.45, 7) is 5.04. The fraction of sp³-hybridized carbons (Fsp3) is 0.286. The number of carboxylic acid groups (broad SMARTS) is 1. The molecule has 19 heavy (non-hydrogen) atoms. The van der Waals surface area contributed by atoms with E-state index in [1.807, 2.05) is 6.92 Å². The second-order valence-corrected chi connectivity index (χ2v) is 5.81. The van der Waals surface area contributed by atoms with Crippen LogP contribution in [0.3, 0.4) is 0 Å². The number of aromatic nitrogens is 1. The second-order valence-electron chi connectivity index (χ2n) is 4.95. The summed E-state index contributed by atoms with van der Waals surface area (Å²) in [4.78, 5) is 15.5. The molecule has 0 amide bonds. The SMILES string of the molecule is Cc1ccc(F)c(-c2nc(C(C)(C)C(=O)O)cs2)c1. The number of nitrogens with zero attached hydrogens (tertiary/aromatic N) is 1. The van der Waals surface area contributed by atoms with Crippen molar-refractivity contribution in [3.05, 3.63) is 40.7 Å². The average molecular weight is 279 g/mol. The highest BCUT2D eigenvalue weighted by Crippen LogP contribution is 2.32. The van der Waals surface area contributed by atoms with Gasteiger partial charge in [-0.2, -0.15) is 0 Å². The fourth-order valence-corrected chi connectivity index (χ4v) is 2.60. The average Bonchev–Trinajstić information content (AvgIpc) is 2.82. The van der Waals surface area contributed by atoms with Gasteiger partial charge in [0.25, 0.3) is 0 Å². The topological polar surface area (TPSA) is 50.2 Å². The maximum absolute atomic E-state index is 13.8. The number of aryl methyl sites for hydroxylation is 1. The molecular weight excluding hydrogens is 265 g/mol. The van der Waals surface area contributed by atoms with Crippen LogP contribution < -0.4 is 0 Å². The van der Waals surface area contributed by atoms with Crippen molar-refractivity contribution in [3.8, 4) is 10.6 Å². The van der Waals surface area contributed by atoms with Crippen molar-refractivity contribution in [3.63, 3.8) is 0 Å². The lowest BCUT2D eigenvalue weighted by molar-refractivity contribution is -0.142. The van der Waals surface area contributed by atoms with E-state index in [-0.39, 0.29) is 5.82 Å². The predicted molar refractivity (Wildman–Crippen MR) is 72.9 cm³/mol. The molecular formula is C14H14FNO2S. The number of aliphatic carboxylic acids is 1. The Kier molecular flexibility index (Phi) is 3.41. The van der Waals surface area contributed by atoms with Crippen molar-refractivity contribution in [1.29, 1.82) is 0 Å². The highest BCUT2D eigenvalue weighted by atomic mass is 32.1. The molecule has 0 bridgehead atoms. The van der Waals surface area contributed by atoms with Crippen LogP contribution in [0, 0.1) is 12.7 Å². The van der Waals surface area contributed by atoms with Crippen molar-refractivity contribution in [2.45, 2.75) is 26.2 Å². The van der Waals surface area contributed by atoms with Gasteiger partial charge in [-0.1, -0.05) is 11.6 Å². The van der Waals surface area contributed by atoms with Crippen LogP contribution in [-0.2, 0) is 10.2 Å². The number of carbonyl (C=O) groups is 1. The van der Waals surface area contributed by atoms with Gasteiger partial charge in [0.1, 0.15) is 16.2 Å². The van der Waals surface area contributed by atoms with Gasteiger partial charge in [0.2, 0.25) is 0 Å². The van der Waals surface area contributed by atoms with Gasteiger partial charge in [0.15, 0.2) is 0 Å². The molecule has 0 atom stereocenters. The first-order chi connectivity index (χ1) is 8.82. The van der Waals surface area contributed by atoms with Gasteiger partial charge in [0, 0.05) is 10.9 Å². The zero-order chi connectivity index (χ0) is 14.2. The van der Waals surface area contributed by atoms with Gasteiger partial charge in [0.05, 0.1) is 5.69 Å². The Morgan fingerprint density at radius 2 is 2.11 bits per heavy atom. The van der Waals surface area contributed by atoms with Gasteiger partial charge in [-0.25, -0.2) is 9.37 Å². The number of rotatable bonds is 3. The highest BCUT2D eigenvalue weighted by Gasteiger charge is 2.32. The zero-order valence-corrected chi connectivity index (χ0v) is 11.7. The Bertz CT molecular complexity index is 634. The van der Waals surface area contributed by atoms with Crippen molar-refractivity contribution in [2.24, 2.45) is 0 Å². The first-order valence-corrected chi connectivity index (χ1v) is 6.66. The molecule has 0 spiro atoms. The number of hydrogen-bond donors (Lipinski definition) is 1. The van der Waals surface area contributed by atoms with Crippen LogP contribution in [-0.4, -0.2) is 16.1 Å². The summed E-state index contributed by atoms with van der Waals surface area (Å²) < 4.78 is 13.8. The van der Waals surface area contributed by atoms with E-state index < -0.39 is 11.4 Å². The maximum atomic E-state index is 13.8. The molecule has 1 aromatic heterocycles. The molecule has 0 saturated heterocycles. The number of hydrogen-bond acceptors (Lipinski definition) is 3. The fourth-order valence-electron chi connectivity index (χ4n) is 1.60. The molecule has 0 fully saturated rings. The molecule has 1 heterocycles. The van der Waals surface area contributed by atoms with Gasteiger partial charge in [-0.15, -0.1) is 11.3 Å². The Morgan fingerprint density at radius 3 is 2.74 bits per heavy atom. The van der Waals surface area contributed by atoms with Crippen LogP contribution in [0.25, 0.3) is 10.6 Å². The lowest BCUT2D eigenvalue weighted by Gasteiger charge is -2.15. The smallest absolute Gasteiger partial charge is 0.315 e. The summed E-state index contributed by atoms with van der Waals surface area (Å²) in [5.41, 5.74) is 0.721. The van der Waals surface area contributed by atoms with E-state index in [1.54, 1.807) is 31.4 Å². The number of halogens is 1. The summed E-state index contributed by atoms with van der Waals surface area (Å²) in [7, 11) is 0. The van der Waals surface area contributed by atoms with Crippen LogP contribution in [0.1, 0.15) is 25.1 Å². The standard InChI is InChI=1S/C14H14FNO2S/c1-8-4-5-10(15)9(6-8)12-16-11(7-19-12)14(2,3)13(17)18/h4-7H,1-3H3,(H,17,18). The molecule has 5 heteroatoms. The summed E-state index contributed by atoms with van der Waals surface area (Å²) >= 11 is 1.26. The van der Waals surface area contributed by atoms with Gasteiger partial charge < -0.3 is 5.11 Å². The van der Waals surface area contributed by atoms with Crippen molar-refractivity contribution in [2.75, 3.05) is 0 Å². The van der Waals surface area contributed by atoms with E-state index in [2.05, 4.69) is 4.98 Å². The Morgan fingerprint density at radius 1 is 1.42 bits per heavy atom. The van der Waals surface area contributed by atoms with E-state index in [0.717, 1.165) is 5.56 Å². The van der Waals surface area contributed by atoms with Crippen molar-refractivity contribution < 1.29 is 14.3 Å². The Hall–Kier alpha value is -1.75. The van der Waals surface area contributed by atoms with Crippen molar-refractivity contribution >= 4 is 17.3 Å². The third-order valence-electron chi connectivity index (χ3n) is 3.03. The quantitative estimate of drug-likeness (QED) is 0.933. The number of carboxylic acids is 1. The third kappa shape index (κ3) is 2.51. The van der Waals surface area contributed by atoms with Crippen LogP contribution in [0.15, 0.2) is 23.6 Å².